The van der Waals surface area contributed by atoms with Crippen LogP contribution in [0.25, 0.3) is 0 Å². The molecule has 0 aliphatic heterocycles. The monoisotopic (exact) mass is 291 g/mol. The van der Waals surface area contributed by atoms with Crippen molar-refractivity contribution in [2.24, 2.45) is 5.92 Å². The van der Waals surface area contributed by atoms with E-state index in [9.17, 15) is 9.90 Å². The second-order valence-electron chi connectivity index (χ2n) is 6.32. The van der Waals surface area contributed by atoms with Crippen LogP contribution >= 0.6 is 0 Å². The lowest BCUT2D eigenvalue weighted by molar-refractivity contribution is 0.0691. The van der Waals surface area contributed by atoms with E-state index in [2.05, 4.69) is 22.2 Å². The molecule has 1 fully saturated rings. The molecule has 1 aromatic heterocycles. The summed E-state index contributed by atoms with van der Waals surface area (Å²) >= 11 is 0. The van der Waals surface area contributed by atoms with Gasteiger partial charge in [-0.2, -0.15) is 0 Å². The Bertz CT molecular complexity index is 502. The Morgan fingerprint density at radius 1 is 1.33 bits per heavy atom. The first-order chi connectivity index (χ1) is 9.99. The van der Waals surface area contributed by atoms with E-state index in [1.807, 2.05) is 13.8 Å². The maximum Gasteiger partial charge on any atom is 0.356 e. The van der Waals surface area contributed by atoms with Gasteiger partial charge in [0.25, 0.3) is 0 Å². The largest absolute Gasteiger partial charge is 0.476 e. The molecule has 0 spiro atoms. The van der Waals surface area contributed by atoms with E-state index in [-0.39, 0.29) is 11.6 Å². The van der Waals surface area contributed by atoms with Gasteiger partial charge < -0.3 is 10.4 Å². The molecule has 1 saturated carbocycles. The van der Waals surface area contributed by atoms with Crippen LogP contribution < -0.4 is 5.32 Å². The summed E-state index contributed by atoms with van der Waals surface area (Å²) in [5.74, 6) is 0.239. The van der Waals surface area contributed by atoms with Gasteiger partial charge in [-0.3, -0.25) is 0 Å². The molecule has 1 aliphatic rings. The summed E-state index contributed by atoms with van der Waals surface area (Å²) in [5.41, 5.74) is 0.635. The summed E-state index contributed by atoms with van der Waals surface area (Å²) in [6.07, 6.45) is 7.60. The molecule has 116 valence electrons. The normalized spacial score (nSPS) is 22.9. The number of nitrogens with one attached hydrogen (secondary N) is 1. The number of carboxylic acid groups (broad SMARTS) is 1. The van der Waals surface area contributed by atoms with Gasteiger partial charge in [-0.25, -0.2) is 14.8 Å². The number of anilines is 1. The number of carbonyl (C=O) groups is 1. The molecular weight excluding hydrogens is 266 g/mol. The number of rotatable bonds is 4. The van der Waals surface area contributed by atoms with Gasteiger partial charge in [-0.05, 0) is 18.8 Å². The van der Waals surface area contributed by atoms with Gasteiger partial charge in [0, 0.05) is 12.0 Å². The minimum Gasteiger partial charge on any atom is -0.476 e. The molecule has 2 rings (SSSR count). The molecule has 2 atom stereocenters. The Balaban J connectivity index is 2.24. The Morgan fingerprint density at radius 2 is 2.05 bits per heavy atom. The Kier molecular flexibility index (Phi) is 5.15. The third-order valence-corrected chi connectivity index (χ3v) is 4.23. The van der Waals surface area contributed by atoms with Crippen molar-refractivity contribution in [3.8, 4) is 0 Å². The van der Waals surface area contributed by atoms with E-state index in [0.29, 0.717) is 23.5 Å². The zero-order valence-electron chi connectivity index (χ0n) is 13.1. The lowest BCUT2D eigenvalue weighted by atomic mass is 9.96. The van der Waals surface area contributed by atoms with E-state index < -0.39 is 5.97 Å². The van der Waals surface area contributed by atoms with E-state index in [0.717, 1.165) is 6.42 Å². The quantitative estimate of drug-likeness (QED) is 0.828. The highest BCUT2D eigenvalue weighted by molar-refractivity contribution is 5.91. The van der Waals surface area contributed by atoms with Crippen molar-refractivity contribution in [1.29, 1.82) is 0 Å². The summed E-state index contributed by atoms with van der Waals surface area (Å²) in [4.78, 5) is 20.0. The number of aromatic nitrogens is 2. The fourth-order valence-electron chi connectivity index (χ4n) is 2.85. The fraction of sp³-hybridized carbons (Fsp3) is 0.688. The summed E-state index contributed by atoms with van der Waals surface area (Å²) in [7, 11) is 0. The minimum absolute atomic E-state index is 0.0881. The molecular formula is C16H25N3O2. The first kappa shape index (κ1) is 15.7. The minimum atomic E-state index is -0.997. The number of hydrogen-bond acceptors (Lipinski definition) is 4. The van der Waals surface area contributed by atoms with Crippen molar-refractivity contribution in [3.05, 3.63) is 17.7 Å². The van der Waals surface area contributed by atoms with Crippen LogP contribution in [-0.4, -0.2) is 27.1 Å². The summed E-state index contributed by atoms with van der Waals surface area (Å²) < 4.78 is 0. The van der Waals surface area contributed by atoms with Crippen LogP contribution in [0, 0.1) is 5.92 Å². The summed E-state index contributed by atoms with van der Waals surface area (Å²) in [6, 6.07) is 0.305. The van der Waals surface area contributed by atoms with Gasteiger partial charge in [0.2, 0.25) is 0 Å². The number of nitrogens with zero attached hydrogens (tertiary/aromatic N) is 2. The fourth-order valence-corrected chi connectivity index (χ4v) is 2.85. The smallest absolute Gasteiger partial charge is 0.356 e. The second-order valence-corrected chi connectivity index (χ2v) is 6.32. The third kappa shape index (κ3) is 3.93. The first-order valence-corrected chi connectivity index (χ1v) is 7.85. The number of hydrogen-bond donors (Lipinski definition) is 2. The average Bonchev–Trinajstić information content (AvgIpc) is 2.64. The Hall–Kier alpha value is -1.65. The van der Waals surface area contributed by atoms with Gasteiger partial charge in [-0.15, -0.1) is 0 Å². The molecule has 0 radical (unpaired) electrons. The molecule has 0 aromatic carbocycles. The van der Waals surface area contributed by atoms with E-state index in [1.165, 1.54) is 25.7 Å². The van der Waals surface area contributed by atoms with Gasteiger partial charge in [-0.1, -0.05) is 40.0 Å². The predicted molar refractivity (Wildman–Crippen MR) is 82.7 cm³/mol. The molecule has 2 unspecified atom stereocenters. The summed E-state index contributed by atoms with van der Waals surface area (Å²) in [5, 5.41) is 12.8. The van der Waals surface area contributed by atoms with Crippen LogP contribution in [0.2, 0.25) is 0 Å². The van der Waals surface area contributed by atoms with E-state index >= 15 is 0 Å². The van der Waals surface area contributed by atoms with Crippen molar-refractivity contribution in [1.82, 2.24) is 9.97 Å². The van der Waals surface area contributed by atoms with Crippen LogP contribution in [0.1, 0.15) is 75.1 Å². The molecule has 0 saturated heterocycles. The lowest BCUT2D eigenvalue weighted by Gasteiger charge is -2.24. The van der Waals surface area contributed by atoms with Crippen LogP contribution in [0.15, 0.2) is 6.20 Å². The highest BCUT2D eigenvalue weighted by Gasteiger charge is 2.23. The number of aromatic carboxylic acids is 1. The molecule has 21 heavy (non-hydrogen) atoms. The Labute approximate surface area is 126 Å². The van der Waals surface area contributed by atoms with Crippen LogP contribution in [0.4, 0.5) is 5.69 Å². The topological polar surface area (TPSA) is 75.1 Å². The SMILES string of the molecule is CC(C)c1ncc(NC2CCCCCC2C)c(C(=O)O)n1. The van der Waals surface area contributed by atoms with Crippen LogP contribution in [0.3, 0.4) is 0 Å². The van der Waals surface area contributed by atoms with Crippen molar-refractivity contribution >= 4 is 11.7 Å². The maximum atomic E-state index is 11.5. The predicted octanol–water partition coefficient (Wildman–Crippen LogP) is 3.68. The molecule has 0 amide bonds. The molecule has 1 heterocycles. The maximum absolute atomic E-state index is 11.5. The van der Waals surface area contributed by atoms with Gasteiger partial charge in [0.15, 0.2) is 5.69 Å². The van der Waals surface area contributed by atoms with Crippen molar-refractivity contribution in [2.45, 2.75) is 64.8 Å². The van der Waals surface area contributed by atoms with Crippen LogP contribution in [-0.2, 0) is 0 Å². The van der Waals surface area contributed by atoms with Crippen molar-refractivity contribution < 1.29 is 9.90 Å². The van der Waals surface area contributed by atoms with Gasteiger partial charge >= 0.3 is 5.97 Å². The van der Waals surface area contributed by atoms with Crippen molar-refractivity contribution in [3.63, 3.8) is 0 Å². The molecule has 0 bridgehead atoms. The van der Waals surface area contributed by atoms with Crippen molar-refractivity contribution in [2.75, 3.05) is 5.32 Å². The highest BCUT2D eigenvalue weighted by Crippen LogP contribution is 2.27. The Morgan fingerprint density at radius 3 is 2.71 bits per heavy atom. The highest BCUT2D eigenvalue weighted by atomic mass is 16.4. The molecule has 1 aromatic rings. The zero-order chi connectivity index (χ0) is 15.4. The standard InChI is InChI=1S/C16H25N3O2/c1-10(2)15-17-9-13(14(19-15)16(20)21)18-12-8-6-4-5-7-11(12)3/h9-12,18H,4-8H2,1-3H3,(H,20,21). The van der Waals surface area contributed by atoms with E-state index in [4.69, 9.17) is 0 Å². The van der Waals surface area contributed by atoms with Gasteiger partial charge in [0.1, 0.15) is 5.82 Å². The lowest BCUT2D eigenvalue weighted by Crippen LogP contribution is -2.27. The molecule has 2 N–H and O–H groups in total. The average molecular weight is 291 g/mol. The molecule has 5 heteroatoms. The van der Waals surface area contributed by atoms with Gasteiger partial charge in [0.05, 0.1) is 11.9 Å². The second kappa shape index (κ2) is 6.87. The van der Waals surface area contributed by atoms with E-state index in [1.54, 1.807) is 6.20 Å². The number of carboxylic acids is 1. The molecule has 1 aliphatic carbocycles. The summed E-state index contributed by atoms with van der Waals surface area (Å²) in [6.45, 7) is 6.15. The van der Waals surface area contributed by atoms with Crippen LogP contribution in [0.5, 0.6) is 0 Å². The molecule has 5 nitrogen and oxygen atoms in total. The third-order valence-electron chi connectivity index (χ3n) is 4.23. The first-order valence-electron chi connectivity index (χ1n) is 7.85. The zero-order valence-corrected chi connectivity index (χ0v) is 13.1.